The molecule has 0 bridgehead atoms. The summed E-state index contributed by atoms with van der Waals surface area (Å²) < 4.78 is 19.9. The number of methoxy groups -OCH3 is 2. The summed E-state index contributed by atoms with van der Waals surface area (Å²) in [5.74, 6) is -3.26. The molecule has 0 aliphatic heterocycles. The molecule has 6 N–H and O–H groups in total. The number of carbonyl (C=O) groups is 6. The Balaban J connectivity index is 0.000000545. The highest BCUT2D eigenvalue weighted by Gasteiger charge is 2.33. The molecule has 4 aromatic rings. The van der Waals surface area contributed by atoms with E-state index in [1.807, 2.05) is 128 Å². The zero-order chi connectivity index (χ0) is 48.7. The summed E-state index contributed by atoms with van der Waals surface area (Å²) in [4.78, 5) is 72.2. The van der Waals surface area contributed by atoms with Gasteiger partial charge in [0.05, 0.1) is 14.2 Å². The lowest BCUT2D eigenvalue weighted by molar-refractivity contribution is -0.145. The molecule has 6 atom stereocenters. The van der Waals surface area contributed by atoms with Crippen LogP contribution in [0.3, 0.4) is 0 Å². The third-order valence-corrected chi connectivity index (χ3v) is 9.43. The molecule has 15 nitrogen and oxygen atoms in total. The summed E-state index contributed by atoms with van der Waals surface area (Å²) in [7, 11) is 2.61. The highest BCUT2D eigenvalue weighted by Crippen LogP contribution is 2.22. The lowest BCUT2D eigenvalue weighted by Gasteiger charge is -2.28. The number of rotatable bonds is 15. The Labute approximate surface area is 394 Å². The molecule has 0 aliphatic rings. The second kappa shape index (κ2) is 28.5. The monoisotopic (exact) mass is 934 g/mol. The van der Waals surface area contributed by atoms with Crippen LogP contribution in [-0.4, -0.2) is 90.7 Å². The molecule has 0 saturated heterocycles. The number of ether oxygens (including phenoxy) is 4. The van der Waals surface area contributed by atoms with Gasteiger partial charge in [-0.2, -0.15) is 0 Å². The van der Waals surface area contributed by atoms with E-state index in [1.54, 1.807) is 48.5 Å². The van der Waals surface area contributed by atoms with Gasteiger partial charge in [-0.25, -0.2) is 19.2 Å². The molecule has 3 amide bonds. The maximum atomic E-state index is 13.3. The normalized spacial score (nSPS) is 13.4. The fourth-order valence-corrected chi connectivity index (χ4v) is 6.13. The quantitative estimate of drug-likeness (QED) is 0.0578. The van der Waals surface area contributed by atoms with Gasteiger partial charge >= 0.3 is 30.1 Å². The van der Waals surface area contributed by atoms with Crippen LogP contribution in [0, 0.1) is 0 Å². The lowest BCUT2D eigenvalue weighted by atomic mass is 9.92. The Hall–Kier alpha value is -6.45. The molecule has 0 saturated carbocycles. The van der Waals surface area contributed by atoms with Crippen LogP contribution in [0.4, 0.5) is 9.59 Å². The number of nitrogens with two attached hydrogens (primary N) is 1. The van der Waals surface area contributed by atoms with E-state index in [0.29, 0.717) is 6.42 Å². The van der Waals surface area contributed by atoms with Crippen LogP contribution in [-0.2, 0) is 51.0 Å². The van der Waals surface area contributed by atoms with E-state index in [0.717, 1.165) is 22.3 Å². The smallest absolute Gasteiger partial charge is 0.408 e. The van der Waals surface area contributed by atoms with E-state index in [9.17, 15) is 33.9 Å². The number of carboxylic acids is 1. The summed E-state index contributed by atoms with van der Waals surface area (Å²) in [5, 5.41) is 17.1. The number of amides is 3. The summed E-state index contributed by atoms with van der Waals surface area (Å²) in [6, 6.07) is 34.0. The van der Waals surface area contributed by atoms with Crippen LogP contribution < -0.4 is 21.7 Å². The molecule has 0 fully saturated rings. The van der Waals surface area contributed by atoms with Gasteiger partial charge in [0.1, 0.15) is 35.4 Å². The van der Waals surface area contributed by atoms with Gasteiger partial charge in [0, 0.05) is 18.3 Å². The Morgan fingerprint density at radius 2 is 0.894 bits per heavy atom. The van der Waals surface area contributed by atoms with Crippen molar-refractivity contribution in [3.63, 3.8) is 0 Å². The number of benzene rings is 4. The number of carbonyl (C=O) groups excluding carboxylic acids is 5. The largest absolute Gasteiger partial charge is 0.480 e. The number of halogens is 1. The number of esters is 2. The Kier molecular flexibility index (Phi) is 24.8. The molecule has 0 spiro atoms. The molecule has 360 valence electrons. The average molecular weight is 936 g/mol. The van der Waals surface area contributed by atoms with E-state index >= 15 is 0 Å². The molecule has 4 rings (SSSR count). The van der Waals surface area contributed by atoms with Crippen molar-refractivity contribution in [2.45, 2.75) is 115 Å². The molecule has 0 aliphatic carbocycles. The zero-order valence-corrected chi connectivity index (χ0v) is 40.3. The maximum absolute atomic E-state index is 13.3. The minimum absolute atomic E-state index is 0. The summed E-state index contributed by atoms with van der Waals surface area (Å²) in [6.07, 6.45) is -0.656. The molecular weight excluding hydrogens is 868 g/mol. The molecule has 16 heteroatoms. The molecule has 4 aromatic carbocycles. The van der Waals surface area contributed by atoms with E-state index in [2.05, 4.69) is 20.7 Å². The predicted molar refractivity (Wildman–Crippen MR) is 255 cm³/mol. The average Bonchev–Trinajstić information content (AvgIpc) is 3.26. The second-order valence-electron chi connectivity index (χ2n) is 17.1. The van der Waals surface area contributed by atoms with Crippen LogP contribution in [0.2, 0.25) is 0 Å². The lowest BCUT2D eigenvalue weighted by Crippen LogP contribution is -2.54. The number of hydrogen-bond acceptors (Lipinski definition) is 11. The number of alkyl carbamates (subject to hydrolysis) is 2. The highest BCUT2D eigenvalue weighted by molar-refractivity contribution is 5.90. The van der Waals surface area contributed by atoms with E-state index in [4.69, 9.17) is 19.9 Å². The first-order valence-corrected chi connectivity index (χ1v) is 21.2. The SMILES string of the molecule is COC(=O)[C@@H](Cc1ccccc1)NC(=O)[C@H](NC(=O)OC(C)(C)C)[C@H](C)c1ccccc1.COC(=O)[C@H](N)Cc1ccccc1.C[C@H](c1ccccc1)[C@@H](NC(=O)OC(C)(C)C)C(=O)O.Cl. The number of carboxylic acid groups (broad SMARTS) is 1. The van der Waals surface area contributed by atoms with Gasteiger partial charge < -0.3 is 45.7 Å². The highest BCUT2D eigenvalue weighted by atomic mass is 35.5. The fourth-order valence-electron chi connectivity index (χ4n) is 6.13. The number of aliphatic carboxylic acids is 1. The first-order chi connectivity index (χ1) is 30.5. The van der Waals surface area contributed by atoms with Gasteiger partial charge in [-0.1, -0.05) is 135 Å². The Morgan fingerprint density at radius 1 is 0.545 bits per heavy atom. The van der Waals surface area contributed by atoms with Crippen molar-refractivity contribution in [2.24, 2.45) is 5.73 Å². The van der Waals surface area contributed by atoms with Gasteiger partial charge in [0.2, 0.25) is 5.91 Å². The third kappa shape index (κ3) is 22.0. The molecular formula is C50H67ClN4O11. The topological polar surface area (TPSA) is 222 Å². The zero-order valence-electron chi connectivity index (χ0n) is 39.4. The summed E-state index contributed by atoms with van der Waals surface area (Å²) in [5.41, 5.74) is 7.82. The van der Waals surface area contributed by atoms with E-state index in [1.165, 1.54) is 14.2 Å². The standard InChI is InChI=1S/C25H32N2O5.C15H21NO4.C10H13NO2.ClH/c1-17(19-14-10-7-11-15-19)21(27-24(30)32-25(2,3)4)22(28)26-20(23(29)31-5)16-18-12-8-6-9-13-18;1-10(11-8-6-5-7-9-11)12(13(17)18)16-14(19)20-15(2,3)4;1-13-10(12)9(11)7-8-5-3-2-4-6-8;/h6-15,17,20-21H,16H2,1-5H3,(H,26,28)(H,27,30);5-10,12H,1-4H3,(H,16,19)(H,17,18);2-6,9H,7,11H2,1H3;1H/t17-,20-,21-;10-,12-;9-;/m111./s1. The van der Waals surface area contributed by atoms with Gasteiger partial charge in [-0.15, -0.1) is 12.4 Å². The minimum Gasteiger partial charge on any atom is -0.480 e. The van der Waals surface area contributed by atoms with Crippen molar-refractivity contribution in [1.29, 1.82) is 0 Å². The number of nitrogens with one attached hydrogen (secondary N) is 3. The second-order valence-corrected chi connectivity index (χ2v) is 17.1. The molecule has 66 heavy (non-hydrogen) atoms. The summed E-state index contributed by atoms with van der Waals surface area (Å²) in [6.45, 7) is 14.0. The van der Waals surface area contributed by atoms with Crippen molar-refractivity contribution in [3.05, 3.63) is 144 Å². The van der Waals surface area contributed by atoms with Gasteiger partial charge in [0.25, 0.3) is 0 Å². The first-order valence-electron chi connectivity index (χ1n) is 21.2. The number of hydrogen-bond donors (Lipinski definition) is 5. The van der Waals surface area contributed by atoms with Gasteiger partial charge in [-0.3, -0.25) is 9.59 Å². The van der Waals surface area contributed by atoms with E-state index in [-0.39, 0.29) is 36.6 Å². The molecule has 0 heterocycles. The van der Waals surface area contributed by atoms with Crippen molar-refractivity contribution >= 4 is 48.4 Å². The molecule has 0 radical (unpaired) electrons. The van der Waals surface area contributed by atoms with Crippen LogP contribution in [0.1, 0.15) is 89.5 Å². The molecule has 0 unspecified atom stereocenters. The van der Waals surface area contributed by atoms with Gasteiger partial charge in [-0.05, 0) is 70.2 Å². The van der Waals surface area contributed by atoms with Crippen molar-refractivity contribution in [2.75, 3.05) is 14.2 Å². The van der Waals surface area contributed by atoms with Crippen molar-refractivity contribution in [3.8, 4) is 0 Å². The van der Waals surface area contributed by atoms with E-state index < -0.39 is 65.4 Å². The minimum atomic E-state index is -1.09. The Morgan fingerprint density at radius 3 is 1.26 bits per heavy atom. The first kappa shape index (κ1) is 57.6. The predicted octanol–water partition coefficient (Wildman–Crippen LogP) is 7.50. The maximum Gasteiger partial charge on any atom is 0.408 e. The fraction of sp³-hybridized carbons (Fsp3) is 0.400. The van der Waals surface area contributed by atoms with Crippen molar-refractivity contribution in [1.82, 2.24) is 16.0 Å². The Bertz CT molecular complexity index is 2080. The van der Waals surface area contributed by atoms with Crippen LogP contribution >= 0.6 is 12.4 Å². The summed E-state index contributed by atoms with van der Waals surface area (Å²) >= 11 is 0. The van der Waals surface area contributed by atoms with Gasteiger partial charge in [0.15, 0.2) is 0 Å². The molecule has 0 aromatic heterocycles. The van der Waals surface area contributed by atoms with Crippen LogP contribution in [0.5, 0.6) is 0 Å². The van der Waals surface area contributed by atoms with Crippen LogP contribution in [0.25, 0.3) is 0 Å². The third-order valence-electron chi connectivity index (χ3n) is 9.43. The van der Waals surface area contributed by atoms with Crippen molar-refractivity contribution < 1.29 is 52.8 Å². The van der Waals surface area contributed by atoms with Crippen LogP contribution in [0.15, 0.2) is 121 Å².